The number of hydrogen-bond donors (Lipinski definition) is 0. The van der Waals surface area contributed by atoms with Crippen LogP contribution in [0.15, 0.2) is 91.9 Å². The molecule has 0 saturated carbocycles. The van der Waals surface area contributed by atoms with E-state index in [-0.39, 0.29) is 34.7 Å². The number of ether oxygens (including phenoxy) is 6. The molecule has 2 fully saturated rings. The summed E-state index contributed by atoms with van der Waals surface area (Å²) in [4.78, 5) is 66.4. The molecule has 0 radical (unpaired) electrons. The largest absolute Gasteiger partial charge is 0.451 e. The van der Waals surface area contributed by atoms with Gasteiger partial charge in [0.15, 0.2) is 48.1 Å². The van der Waals surface area contributed by atoms with Gasteiger partial charge >= 0.3 is 11.9 Å². The Morgan fingerprint density at radius 3 is 1.85 bits per heavy atom. The van der Waals surface area contributed by atoms with E-state index in [0.29, 0.717) is 11.1 Å². The van der Waals surface area contributed by atoms with Crippen molar-refractivity contribution < 1.29 is 52.4 Å². The van der Waals surface area contributed by atoms with Gasteiger partial charge in [-0.2, -0.15) is 0 Å². The van der Waals surface area contributed by atoms with Crippen molar-refractivity contribution in [2.75, 3.05) is 6.61 Å². The molecular formula is C34H26Br2O11. The van der Waals surface area contributed by atoms with Crippen LogP contribution in [0, 0.1) is 0 Å². The predicted molar refractivity (Wildman–Crippen MR) is 168 cm³/mol. The number of carbonyl (C=O) groups is 5. The minimum absolute atomic E-state index is 0.0486. The molecule has 0 amide bonds. The van der Waals surface area contributed by atoms with Crippen molar-refractivity contribution in [3.8, 4) is 0 Å². The molecule has 2 saturated heterocycles. The number of hydrogen-bond acceptors (Lipinski definition) is 11. The van der Waals surface area contributed by atoms with Gasteiger partial charge in [-0.3, -0.25) is 14.4 Å². The van der Waals surface area contributed by atoms with Crippen molar-refractivity contribution in [3.63, 3.8) is 0 Å². The molecule has 0 unspecified atom stereocenters. The van der Waals surface area contributed by atoms with Gasteiger partial charge in [-0.1, -0.05) is 44.0 Å². The minimum atomic E-state index is -1.38. The van der Waals surface area contributed by atoms with E-state index in [9.17, 15) is 24.0 Å². The fourth-order valence-corrected chi connectivity index (χ4v) is 6.58. The average Bonchev–Trinajstić information content (AvgIpc) is 3.98. The zero-order valence-corrected chi connectivity index (χ0v) is 28.0. The lowest BCUT2D eigenvalue weighted by Crippen LogP contribution is -2.49. The molecule has 3 aliphatic heterocycles. The van der Waals surface area contributed by atoms with E-state index in [1.54, 1.807) is 67.6 Å². The van der Waals surface area contributed by atoms with E-state index in [0.717, 1.165) is 8.95 Å². The number of carbonyl (C=O) groups excluding carboxylic acids is 5. The highest BCUT2D eigenvalue weighted by Gasteiger charge is 2.63. The molecule has 0 aromatic heterocycles. The second-order valence-corrected chi connectivity index (χ2v) is 13.3. The lowest BCUT2D eigenvalue weighted by molar-refractivity contribution is -0.168. The quantitative estimate of drug-likeness (QED) is 0.282. The molecule has 242 valence electrons. The van der Waals surface area contributed by atoms with Gasteiger partial charge in [-0.15, -0.1) is 0 Å². The first-order valence-electron chi connectivity index (χ1n) is 14.8. The molecule has 2 aliphatic carbocycles. The van der Waals surface area contributed by atoms with Gasteiger partial charge in [0.25, 0.3) is 0 Å². The summed E-state index contributed by atoms with van der Waals surface area (Å²) in [6.07, 6.45) is -4.38. The van der Waals surface area contributed by atoms with Gasteiger partial charge in [0.2, 0.25) is 0 Å². The number of rotatable bonds is 8. The molecule has 8 atom stereocenters. The number of benzene rings is 2. The fourth-order valence-electron chi connectivity index (χ4n) is 6.05. The molecular weight excluding hydrogens is 744 g/mol. The third kappa shape index (κ3) is 5.89. The summed E-state index contributed by atoms with van der Waals surface area (Å²) in [5.74, 6) is -2.70. The summed E-state index contributed by atoms with van der Waals surface area (Å²) in [7, 11) is 0. The third-order valence-corrected chi connectivity index (χ3v) is 9.57. The molecule has 0 bridgehead atoms. The Morgan fingerprint density at radius 2 is 1.28 bits per heavy atom. The van der Waals surface area contributed by atoms with Crippen LogP contribution in [0.4, 0.5) is 0 Å². The Balaban J connectivity index is 1.17. The summed E-state index contributed by atoms with van der Waals surface area (Å²) >= 11 is 6.67. The SMILES string of the molecule is C/C=C/C1=C(CO[C@@H]2O[C@@H](C)C(=O)C3=C2C(=O)[C@H]2O[C@H]2[C@@H]3OC(=O)c2ccc(Br)cc2)C(=O)[C@H]2O[C@H]2[C@@H]1OC(=O)c1ccc(Br)cc1. The van der Waals surface area contributed by atoms with Crippen LogP contribution >= 0.6 is 31.9 Å². The number of ketones is 3. The van der Waals surface area contributed by atoms with Crippen molar-refractivity contribution in [1.29, 1.82) is 0 Å². The first-order valence-corrected chi connectivity index (χ1v) is 16.4. The maximum Gasteiger partial charge on any atom is 0.338 e. The Kier molecular flexibility index (Phi) is 8.48. The molecule has 47 heavy (non-hydrogen) atoms. The molecule has 11 nitrogen and oxygen atoms in total. The summed E-state index contributed by atoms with van der Waals surface area (Å²) < 4.78 is 36.3. The van der Waals surface area contributed by atoms with Gasteiger partial charge in [0, 0.05) is 20.1 Å². The van der Waals surface area contributed by atoms with E-state index in [1.165, 1.54) is 6.92 Å². The molecule has 0 spiro atoms. The van der Waals surface area contributed by atoms with Crippen LogP contribution in [0.2, 0.25) is 0 Å². The smallest absolute Gasteiger partial charge is 0.338 e. The minimum Gasteiger partial charge on any atom is -0.451 e. The number of fused-ring (bicyclic) bond motifs is 2. The first-order chi connectivity index (χ1) is 22.6. The highest BCUT2D eigenvalue weighted by atomic mass is 79.9. The van der Waals surface area contributed by atoms with Gasteiger partial charge < -0.3 is 28.4 Å². The maximum atomic E-state index is 13.5. The van der Waals surface area contributed by atoms with Crippen LogP contribution in [-0.2, 0) is 42.8 Å². The lowest BCUT2D eigenvalue weighted by atomic mass is 9.82. The molecule has 2 aromatic rings. The molecule has 3 heterocycles. The van der Waals surface area contributed by atoms with Gasteiger partial charge in [-0.25, -0.2) is 9.59 Å². The van der Waals surface area contributed by atoms with Crippen molar-refractivity contribution in [1.82, 2.24) is 0 Å². The van der Waals surface area contributed by atoms with Gasteiger partial charge in [0.05, 0.1) is 28.9 Å². The Hall–Kier alpha value is -3.59. The highest BCUT2D eigenvalue weighted by Crippen LogP contribution is 2.45. The monoisotopic (exact) mass is 768 g/mol. The summed E-state index contributed by atoms with van der Waals surface area (Å²) in [5, 5.41) is 0. The normalized spacial score (nSPS) is 30.9. The Bertz CT molecular complexity index is 1790. The Morgan fingerprint density at radius 1 is 0.745 bits per heavy atom. The molecule has 5 aliphatic rings. The molecule has 0 N–H and O–H groups in total. The van der Waals surface area contributed by atoms with E-state index in [2.05, 4.69) is 31.9 Å². The van der Waals surface area contributed by atoms with E-state index in [1.807, 2.05) is 0 Å². The molecule has 2 aromatic carbocycles. The predicted octanol–water partition coefficient (Wildman–Crippen LogP) is 4.16. The second kappa shape index (κ2) is 12.5. The van der Waals surface area contributed by atoms with Crippen LogP contribution in [0.1, 0.15) is 34.6 Å². The van der Waals surface area contributed by atoms with E-state index < -0.39 is 72.5 Å². The number of Topliss-reactive ketones (excluding diaryl/α,β-unsaturated/α-hetero) is 3. The number of allylic oxidation sites excluding steroid dienone is 1. The fraction of sp³-hybridized carbons (Fsp3) is 0.324. The van der Waals surface area contributed by atoms with Gasteiger partial charge in [0.1, 0.15) is 18.3 Å². The molecule has 7 rings (SSSR count). The number of epoxide rings is 2. The first kappa shape index (κ1) is 32.0. The van der Waals surface area contributed by atoms with Crippen molar-refractivity contribution >= 4 is 61.1 Å². The lowest BCUT2D eigenvalue weighted by Gasteiger charge is -2.35. The summed E-state index contributed by atoms with van der Waals surface area (Å²) in [6.45, 7) is 2.89. The van der Waals surface area contributed by atoms with Crippen molar-refractivity contribution in [2.45, 2.75) is 62.9 Å². The Labute approximate surface area is 285 Å². The third-order valence-electron chi connectivity index (χ3n) is 8.51. The van der Waals surface area contributed by atoms with E-state index >= 15 is 0 Å². The van der Waals surface area contributed by atoms with Gasteiger partial charge in [-0.05, 0) is 62.4 Å². The second-order valence-electron chi connectivity index (χ2n) is 11.5. The zero-order chi connectivity index (χ0) is 33.1. The summed E-state index contributed by atoms with van der Waals surface area (Å²) in [5.41, 5.74) is 0.967. The van der Waals surface area contributed by atoms with Crippen LogP contribution < -0.4 is 0 Å². The number of halogens is 2. The highest BCUT2D eigenvalue weighted by molar-refractivity contribution is 9.10. The molecule has 13 heteroatoms. The number of esters is 2. The van der Waals surface area contributed by atoms with Crippen LogP contribution in [0.3, 0.4) is 0 Å². The maximum absolute atomic E-state index is 13.5. The average molecular weight is 770 g/mol. The zero-order valence-electron chi connectivity index (χ0n) is 24.8. The van der Waals surface area contributed by atoms with Crippen LogP contribution in [0.25, 0.3) is 0 Å². The van der Waals surface area contributed by atoms with E-state index in [4.69, 9.17) is 28.4 Å². The van der Waals surface area contributed by atoms with Crippen LogP contribution in [0.5, 0.6) is 0 Å². The van der Waals surface area contributed by atoms with Crippen molar-refractivity contribution in [2.24, 2.45) is 0 Å². The topological polar surface area (TPSA) is 147 Å². The van der Waals surface area contributed by atoms with Crippen molar-refractivity contribution in [3.05, 3.63) is 103 Å². The summed E-state index contributed by atoms with van der Waals surface area (Å²) in [6, 6.07) is 13.1. The van der Waals surface area contributed by atoms with Crippen LogP contribution in [-0.4, -0.2) is 84.9 Å². The standard InChI is InChI=1S/C34H26Br2O11/c1-3-4-19-20(24(38)28-30(44-28)26(19)46-32(40)15-5-9-17(35)10-6-15)13-42-34-22-21(23(37)14(2)43-34)27(31-29(45-31)25(22)39)47-33(41)16-7-11-18(36)12-8-16/h3-12,14,26-31,34H,13H2,1-2H3/b4-3+/t14-,26+,27+,28+,29+,30-,31-,34+/m0/s1.